The van der Waals surface area contributed by atoms with Crippen LogP contribution in [0.25, 0.3) is 0 Å². The summed E-state index contributed by atoms with van der Waals surface area (Å²) in [7, 11) is 0. The van der Waals surface area contributed by atoms with Crippen LogP contribution in [0.4, 0.5) is 0 Å². The first kappa shape index (κ1) is 9.75. The predicted molar refractivity (Wildman–Crippen MR) is 53.1 cm³/mol. The van der Waals surface area contributed by atoms with Gasteiger partial charge in [0, 0.05) is 12.6 Å². The summed E-state index contributed by atoms with van der Waals surface area (Å²) in [5.41, 5.74) is 7.28. The molecule has 1 aliphatic rings. The first-order valence-electron chi connectivity index (χ1n) is 4.82. The summed E-state index contributed by atoms with van der Waals surface area (Å²) in [5.74, 6) is 0. The second-order valence-corrected chi connectivity index (χ2v) is 3.75. The number of likely N-dealkylation sites (tertiary alicyclic amines) is 1. The summed E-state index contributed by atoms with van der Waals surface area (Å²) < 4.78 is 0. The fraction of sp³-hybridized carbons (Fsp3) is 0.800. The monoisotopic (exact) mass is 168 g/mol. The SMILES string of the molecule is C/C=C(\C)CN1CCC(N)CC1. The van der Waals surface area contributed by atoms with E-state index < -0.39 is 0 Å². The van der Waals surface area contributed by atoms with E-state index in [-0.39, 0.29) is 0 Å². The molecule has 0 saturated carbocycles. The maximum atomic E-state index is 5.82. The normalized spacial score (nSPS) is 23.1. The topological polar surface area (TPSA) is 29.3 Å². The van der Waals surface area contributed by atoms with E-state index >= 15 is 0 Å². The van der Waals surface area contributed by atoms with E-state index in [1.54, 1.807) is 0 Å². The summed E-state index contributed by atoms with van der Waals surface area (Å²) >= 11 is 0. The number of hydrogen-bond donors (Lipinski definition) is 1. The summed E-state index contributed by atoms with van der Waals surface area (Å²) in [6.07, 6.45) is 4.52. The van der Waals surface area contributed by atoms with Crippen molar-refractivity contribution < 1.29 is 0 Å². The number of piperidine rings is 1. The molecule has 2 heteroatoms. The van der Waals surface area contributed by atoms with Crippen LogP contribution in [0.3, 0.4) is 0 Å². The molecule has 0 aromatic carbocycles. The van der Waals surface area contributed by atoms with Gasteiger partial charge in [-0.25, -0.2) is 0 Å². The van der Waals surface area contributed by atoms with E-state index in [1.165, 1.54) is 18.7 Å². The lowest BCUT2D eigenvalue weighted by Crippen LogP contribution is -2.40. The highest BCUT2D eigenvalue weighted by molar-refractivity contribution is 4.99. The maximum Gasteiger partial charge on any atom is 0.0189 e. The van der Waals surface area contributed by atoms with E-state index in [0.717, 1.165) is 19.4 Å². The third-order valence-corrected chi connectivity index (χ3v) is 2.60. The molecule has 1 saturated heterocycles. The maximum absolute atomic E-state index is 5.82. The summed E-state index contributed by atoms with van der Waals surface area (Å²) in [6, 6.07) is 0.451. The molecular formula is C10H20N2. The minimum absolute atomic E-state index is 0.451. The Morgan fingerprint density at radius 1 is 1.50 bits per heavy atom. The standard InChI is InChI=1S/C10H20N2/c1-3-9(2)8-12-6-4-10(11)5-7-12/h3,10H,4-8,11H2,1-2H3/b9-3+. The van der Waals surface area contributed by atoms with E-state index in [9.17, 15) is 0 Å². The molecule has 0 aliphatic carbocycles. The Kier molecular flexibility index (Phi) is 3.76. The molecule has 0 unspecified atom stereocenters. The van der Waals surface area contributed by atoms with Crippen molar-refractivity contribution in [2.24, 2.45) is 5.73 Å². The molecular weight excluding hydrogens is 148 g/mol. The smallest absolute Gasteiger partial charge is 0.0189 e. The summed E-state index contributed by atoms with van der Waals surface area (Å²) in [4.78, 5) is 2.48. The van der Waals surface area contributed by atoms with Gasteiger partial charge in [0.15, 0.2) is 0 Å². The van der Waals surface area contributed by atoms with Crippen molar-refractivity contribution >= 4 is 0 Å². The molecule has 0 aromatic heterocycles. The first-order valence-corrected chi connectivity index (χ1v) is 4.82. The molecule has 1 aliphatic heterocycles. The molecule has 0 spiro atoms. The van der Waals surface area contributed by atoms with Crippen LogP contribution in [0.2, 0.25) is 0 Å². The van der Waals surface area contributed by atoms with Gasteiger partial charge in [-0.1, -0.05) is 11.6 Å². The second kappa shape index (κ2) is 4.63. The van der Waals surface area contributed by atoms with Gasteiger partial charge in [0.05, 0.1) is 0 Å². The zero-order valence-electron chi connectivity index (χ0n) is 8.21. The minimum atomic E-state index is 0.451. The average Bonchev–Trinajstić information content (AvgIpc) is 2.09. The third-order valence-electron chi connectivity index (χ3n) is 2.60. The van der Waals surface area contributed by atoms with Gasteiger partial charge in [0.1, 0.15) is 0 Å². The molecule has 0 bridgehead atoms. The molecule has 1 heterocycles. The van der Waals surface area contributed by atoms with Gasteiger partial charge in [-0.05, 0) is 39.8 Å². The van der Waals surface area contributed by atoms with Gasteiger partial charge in [0.2, 0.25) is 0 Å². The van der Waals surface area contributed by atoms with Crippen molar-refractivity contribution in [3.8, 4) is 0 Å². The van der Waals surface area contributed by atoms with Gasteiger partial charge >= 0.3 is 0 Å². The number of hydrogen-bond acceptors (Lipinski definition) is 2. The van der Waals surface area contributed by atoms with E-state index in [2.05, 4.69) is 24.8 Å². The minimum Gasteiger partial charge on any atom is -0.328 e. The zero-order chi connectivity index (χ0) is 8.97. The fourth-order valence-electron chi connectivity index (χ4n) is 1.56. The Morgan fingerprint density at radius 3 is 2.58 bits per heavy atom. The summed E-state index contributed by atoms with van der Waals surface area (Å²) in [6.45, 7) is 7.77. The Morgan fingerprint density at radius 2 is 2.08 bits per heavy atom. The quantitative estimate of drug-likeness (QED) is 0.631. The van der Waals surface area contributed by atoms with Gasteiger partial charge in [-0.3, -0.25) is 4.90 Å². The van der Waals surface area contributed by atoms with Gasteiger partial charge in [0.25, 0.3) is 0 Å². The lowest BCUT2D eigenvalue weighted by molar-refractivity contribution is 0.229. The number of allylic oxidation sites excluding steroid dienone is 1. The van der Waals surface area contributed by atoms with Crippen LogP contribution in [0.1, 0.15) is 26.7 Å². The fourth-order valence-corrected chi connectivity index (χ4v) is 1.56. The molecule has 0 aromatic rings. The van der Waals surface area contributed by atoms with Crippen LogP contribution in [0, 0.1) is 0 Å². The Hall–Kier alpha value is -0.340. The molecule has 70 valence electrons. The van der Waals surface area contributed by atoms with Gasteiger partial charge in [-0.15, -0.1) is 0 Å². The van der Waals surface area contributed by atoms with E-state index in [4.69, 9.17) is 5.73 Å². The van der Waals surface area contributed by atoms with Crippen LogP contribution in [-0.2, 0) is 0 Å². The van der Waals surface area contributed by atoms with Crippen LogP contribution in [-0.4, -0.2) is 30.6 Å². The highest BCUT2D eigenvalue weighted by atomic mass is 15.1. The van der Waals surface area contributed by atoms with E-state index in [1.807, 2.05) is 0 Å². The molecule has 0 radical (unpaired) electrons. The second-order valence-electron chi connectivity index (χ2n) is 3.75. The Bertz CT molecular complexity index is 155. The Labute approximate surface area is 75.4 Å². The van der Waals surface area contributed by atoms with Crippen molar-refractivity contribution in [1.82, 2.24) is 4.90 Å². The van der Waals surface area contributed by atoms with Crippen LogP contribution in [0.15, 0.2) is 11.6 Å². The van der Waals surface area contributed by atoms with Crippen LogP contribution < -0.4 is 5.73 Å². The van der Waals surface area contributed by atoms with Crippen molar-refractivity contribution in [1.29, 1.82) is 0 Å². The lowest BCUT2D eigenvalue weighted by atomic mass is 10.1. The van der Waals surface area contributed by atoms with Crippen LogP contribution >= 0.6 is 0 Å². The van der Waals surface area contributed by atoms with E-state index in [0.29, 0.717) is 6.04 Å². The molecule has 0 amide bonds. The van der Waals surface area contributed by atoms with Crippen molar-refractivity contribution in [2.75, 3.05) is 19.6 Å². The van der Waals surface area contributed by atoms with Crippen molar-refractivity contribution in [3.63, 3.8) is 0 Å². The molecule has 0 atom stereocenters. The lowest BCUT2D eigenvalue weighted by Gasteiger charge is -2.30. The largest absolute Gasteiger partial charge is 0.328 e. The highest BCUT2D eigenvalue weighted by Crippen LogP contribution is 2.09. The number of nitrogens with zero attached hydrogens (tertiary/aromatic N) is 1. The van der Waals surface area contributed by atoms with Crippen LogP contribution in [0.5, 0.6) is 0 Å². The average molecular weight is 168 g/mol. The van der Waals surface area contributed by atoms with Gasteiger partial charge in [-0.2, -0.15) is 0 Å². The third kappa shape index (κ3) is 2.95. The molecule has 2 nitrogen and oxygen atoms in total. The Balaban J connectivity index is 2.26. The molecule has 1 rings (SSSR count). The number of nitrogens with two attached hydrogens (primary N) is 1. The van der Waals surface area contributed by atoms with Crippen molar-refractivity contribution in [3.05, 3.63) is 11.6 Å². The predicted octanol–water partition coefficient (Wildman–Crippen LogP) is 1.38. The number of rotatable bonds is 2. The molecule has 2 N–H and O–H groups in total. The molecule has 12 heavy (non-hydrogen) atoms. The zero-order valence-corrected chi connectivity index (χ0v) is 8.21. The first-order chi connectivity index (χ1) is 5.72. The van der Waals surface area contributed by atoms with Gasteiger partial charge < -0.3 is 5.73 Å². The highest BCUT2D eigenvalue weighted by Gasteiger charge is 2.15. The van der Waals surface area contributed by atoms with Crippen molar-refractivity contribution in [2.45, 2.75) is 32.7 Å². The molecule has 1 fully saturated rings. The summed E-state index contributed by atoms with van der Waals surface area (Å²) in [5, 5.41) is 0.